The van der Waals surface area contributed by atoms with Crippen molar-refractivity contribution in [1.29, 1.82) is 0 Å². The third-order valence-electron chi connectivity index (χ3n) is 2.69. The molecule has 0 radical (unpaired) electrons. The molecule has 0 spiro atoms. The van der Waals surface area contributed by atoms with Gasteiger partial charge in [0.15, 0.2) is 5.60 Å². The van der Waals surface area contributed by atoms with E-state index in [1.54, 1.807) is 36.4 Å². The van der Waals surface area contributed by atoms with Crippen LogP contribution in [0, 0.1) is 12.3 Å². The van der Waals surface area contributed by atoms with Crippen LogP contribution in [0.25, 0.3) is 0 Å². The Morgan fingerprint density at radius 3 is 2.37 bits per heavy atom. The number of aromatic nitrogens is 2. The van der Waals surface area contributed by atoms with Gasteiger partial charge in [0.25, 0.3) is 0 Å². The van der Waals surface area contributed by atoms with E-state index in [0.29, 0.717) is 16.0 Å². The van der Waals surface area contributed by atoms with E-state index in [0.717, 1.165) is 0 Å². The van der Waals surface area contributed by atoms with Crippen LogP contribution in [0.4, 0.5) is 0 Å². The lowest BCUT2D eigenvalue weighted by molar-refractivity contribution is 0.0100. The lowest BCUT2D eigenvalue weighted by Gasteiger charge is -2.25. The van der Waals surface area contributed by atoms with Gasteiger partial charge in [-0.1, -0.05) is 18.1 Å². The summed E-state index contributed by atoms with van der Waals surface area (Å²) in [5, 5.41) is 20.2. The van der Waals surface area contributed by atoms with E-state index in [9.17, 15) is 10.2 Å². The first kappa shape index (κ1) is 13.7. The molecule has 0 bridgehead atoms. The Morgan fingerprint density at radius 1 is 1.16 bits per heavy atom. The summed E-state index contributed by atoms with van der Waals surface area (Å²) in [4.78, 5) is 8.30. The van der Waals surface area contributed by atoms with Crippen LogP contribution < -0.4 is 0 Å². The van der Waals surface area contributed by atoms with Crippen LogP contribution in [0.5, 0.6) is 0 Å². The van der Waals surface area contributed by atoms with Crippen molar-refractivity contribution in [2.45, 2.75) is 5.60 Å². The second kappa shape index (κ2) is 5.49. The zero-order valence-corrected chi connectivity index (χ0v) is 11.5. The lowest BCUT2D eigenvalue weighted by atomic mass is 9.95. The van der Waals surface area contributed by atoms with Gasteiger partial charge in [0.1, 0.15) is 10.3 Å². The van der Waals surface area contributed by atoms with Gasteiger partial charge in [0, 0.05) is 0 Å². The van der Waals surface area contributed by atoms with Gasteiger partial charge in [0.2, 0.25) is 0 Å². The van der Waals surface area contributed by atoms with Gasteiger partial charge in [-0.05, 0) is 40.2 Å². The highest BCUT2D eigenvalue weighted by atomic mass is 79.9. The van der Waals surface area contributed by atoms with Gasteiger partial charge < -0.3 is 10.2 Å². The molecule has 0 aromatic carbocycles. The van der Waals surface area contributed by atoms with Crippen molar-refractivity contribution in [2.75, 3.05) is 6.61 Å². The molecular weight excluding hydrogens is 308 g/mol. The van der Waals surface area contributed by atoms with Gasteiger partial charge in [-0.25, -0.2) is 9.97 Å². The molecule has 96 valence electrons. The third-order valence-corrected chi connectivity index (χ3v) is 3.13. The number of hydrogen-bond acceptors (Lipinski definition) is 4. The van der Waals surface area contributed by atoms with E-state index in [1.165, 1.54) is 0 Å². The van der Waals surface area contributed by atoms with Crippen LogP contribution in [0.3, 0.4) is 0 Å². The fourth-order valence-corrected chi connectivity index (χ4v) is 2.02. The maximum Gasteiger partial charge on any atom is 0.171 e. The Bertz CT molecular complexity index is 639. The SMILES string of the molecule is C#Cc1cccc(C(O)(CO)c2cccc(Br)n2)n1. The minimum Gasteiger partial charge on any atom is -0.393 e. The fraction of sp³-hybridized carbons (Fsp3) is 0.143. The van der Waals surface area contributed by atoms with Crippen molar-refractivity contribution in [2.24, 2.45) is 0 Å². The average molecular weight is 319 g/mol. The van der Waals surface area contributed by atoms with E-state index in [2.05, 4.69) is 31.8 Å². The normalized spacial score (nSPS) is 13.6. The van der Waals surface area contributed by atoms with Crippen LogP contribution in [0.2, 0.25) is 0 Å². The zero-order chi connectivity index (χ0) is 13.9. The minimum absolute atomic E-state index is 0.260. The van der Waals surface area contributed by atoms with E-state index in [1.807, 2.05) is 0 Å². The van der Waals surface area contributed by atoms with Crippen molar-refractivity contribution in [1.82, 2.24) is 9.97 Å². The fourth-order valence-electron chi connectivity index (χ4n) is 1.68. The molecule has 2 N–H and O–H groups in total. The summed E-state index contributed by atoms with van der Waals surface area (Å²) in [6.07, 6.45) is 5.29. The zero-order valence-electron chi connectivity index (χ0n) is 9.92. The van der Waals surface area contributed by atoms with Gasteiger partial charge >= 0.3 is 0 Å². The molecular formula is C14H11BrN2O2. The molecule has 5 heteroatoms. The molecule has 0 aliphatic carbocycles. The Kier molecular flexibility index (Phi) is 3.96. The molecule has 19 heavy (non-hydrogen) atoms. The molecule has 0 saturated heterocycles. The molecule has 0 fully saturated rings. The van der Waals surface area contributed by atoms with Crippen molar-refractivity contribution in [3.05, 3.63) is 58.1 Å². The Morgan fingerprint density at radius 2 is 1.79 bits per heavy atom. The summed E-state index contributed by atoms with van der Waals surface area (Å²) in [6, 6.07) is 9.99. The highest BCUT2D eigenvalue weighted by Gasteiger charge is 2.34. The van der Waals surface area contributed by atoms with Crippen molar-refractivity contribution in [3.63, 3.8) is 0 Å². The number of halogens is 1. The molecule has 2 aromatic heterocycles. The highest BCUT2D eigenvalue weighted by Crippen LogP contribution is 2.27. The second-order valence-electron chi connectivity index (χ2n) is 3.92. The summed E-state index contributed by atoms with van der Waals surface area (Å²) in [5.74, 6) is 2.39. The Hall–Kier alpha value is -1.74. The second-order valence-corrected chi connectivity index (χ2v) is 4.73. The molecule has 1 unspecified atom stereocenters. The minimum atomic E-state index is -1.68. The Labute approximate surface area is 119 Å². The maximum atomic E-state index is 10.6. The summed E-state index contributed by atoms with van der Waals surface area (Å²) >= 11 is 3.23. The number of nitrogens with zero attached hydrogens (tertiary/aromatic N) is 2. The first-order valence-electron chi connectivity index (χ1n) is 5.50. The molecule has 0 aliphatic heterocycles. The van der Waals surface area contributed by atoms with E-state index < -0.39 is 12.2 Å². The summed E-state index contributed by atoms with van der Waals surface area (Å²) in [5.41, 5.74) is -0.738. The molecule has 0 amide bonds. The summed E-state index contributed by atoms with van der Waals surface area (Å²) in [7, 11) is 0. The van der Waals surface area contributed by atoms with Crippen molar-refractivity contribution < 1.29 is 10.2 Å². The molecule has 1 atom stereocenters. The quantitative estimate of drug-likeness (QED) is 0.664. The van der Waals surface area contributed by atoms with Crippen LogP contribution in [0.15, 0.2) is 41.0 Å². The highest BCUT2D eigenvalue weighted by molar-refractivity contribution is 9.10. The lowest BCUT2D eigenvalue weighted by Crippen LogP contribution is -2.34. The van der Waals surface area contributed by atoms with Gasteiger partial charge in [-0.3, -0.25) is 0 Å². The molecule has 2 heterocycles. The number of rotatable bonds is 3. The van der Waals surface area contributed by atoms with E-state index in [4.69, 9.17) is 6.42 Å². The topological polar surface area (TPSA) is 66.2 Å². The van der Waals surface area contributed by atoms with Gasteiger partial charge in [-0.2, -0.15) is 0 Å². The average Bonchev–Trinajstić information content (AvgIpc) is 2.46. The molecule has 2 aromatic rings. The number of hydrogen-bond donors (Lipinski definition) is 2. The first-order valence-corrected chi connectivity index (χ1v) is 6.30. The Balaban J connectivity index is 2.56. The number of pyridine rings is 2. The molecule has 0 aliphatic rings. The van der Waals surface area contributed by atoms with Crippen LogP contribution in [0.1, 0.15) is 17.1 Å². The van der Waals surface area contributed by atoms with E-state index in [-0.39, 0.29) is 5.69 Å². The molecule has 4 nitrogen and oxygen atoms in total. The van der Waals surface area contributed by atoms with Gasteiger partial charge in [-0.15, -0.1) is 6.42 Å². The predicted octanol–water partition coefficient (Wildman–Crippen LogP) is 1.45. The van der Waals surface area contributed by atoms with Crippen LogP contribution >= 0.6 is 15.9 Å². The summed E-state index contributed by atoms with van der Waals surface area (Å²) < 4.78 is 0.560. The number of aliphatic hydroxyl groups excluding tert-OH is 1. The smallest absolute Gasteiger partial charge is 0.171 e. The number of terminal acetylenes is 1. The molecule has 0 saturated carbocycles. The van der Waals surface area contributed by atoms with Crippen LogP contribution in [-0.2, 0) is 5.60 Å². The third kappa shape index (κ3) is 2.66. The maximum absolute atomic E-state index is 10.6. The van der Waals surface area contributed by atoms with Crippen LogP contribution in [-0.4, -0.2) is 26.8 Å². The predicted molar refractivity (Wildman–Crippen MR) is 74.2 cm³/mol. The number of aliphatic hydroxyl groups is 2. The van der Waals surface area contributed by atoms with Crippen molar-refractivity contribution >= 4 is 15.9 Å². The first-order chi connectivity index (χ1) is 9.10. The molecule has 2 rings (SSSR count). The standard InChI is InChI=1S/C14H11BrN2O2/c1-2-10-5-3-6-11(16-10)14(19,9-18)12-7-4-8-13(15)17-12/h1,3-8,18-19H,9H2. The van der Waals surface area contributed by atoms with E-state index >= 15 is 0 Å². The monoisotopic (exact) mass is 318 g/mol. The summed E-state index contributed by atoms with van der Waals surface area (Å²) in [6.45, 7) is -0.544. The van der Waals surface area contributed by atoms with Crippen molar-refractivity contribution in [3.8, 4) is 12.3 Å². The van der Waals surface area contributed by atoms with Gasteiger partial charge in [0.05, 0.1) is 18.0 Å². The largest absolute Gasteiger partial charge is 0.393 e.